The maximum Gasteiger partial charge on any atom is 0.440 e. The van der Waals surface area contributed by atoms with Crippen molar-refractivity contribution in [2.75, 3.05) is 13.2 Å². The number of nitrogens with zero attached hydrogens (tertiary/aromatic N) is 2. The van der Waals surface area contributed by atoms with E-state index in [1.807, 2.05) is 91.5 Å². The highest BCUT2D eigenvalue weighted by Crippen LogP contribution is 2.27. The zero-order valence-electron chi connectivity index (χ0n) is 25.3. The molecule has 3 heterocycles. The van der Waals surface area contributed by atoms with Gasteiger partial charge < -0.3 is 23.3 Å². The lowest BCUT2D eigenvalue weighted by molar-refractivity contribution is 0.0491. The van der Waals surface area contributed by atoms with E-state index in [1.165, 1.54) is 0 Å². The number of furan rings is 1. The van der Waals surface area contributed by atoms with Crippen molar-refractivity contribution in [3.63, 3.8) is 0 Å². The lowest BCUT2D eigenvalue weighted by atomic mass is 9.96. The van der Waals surface area contributed by atoms with Gasteiger partial charge in [-0.1, -0.05) is 36.4 Å². The first-order valence-corrected chi connectivity index (χ1v) is 15.0. The molecule has 0 bridgehead atoms. The molecule has 1 saturated heterocycles. The number of benzene rings is 3. The number of aromatic amines is 1. The number of aryl methyl sites for hydroxylation is 2. The Morgan fingerprint density at radius 1 is 1.00 bits per heavy atom. The molecule has 0 radical (unpaired) electrons. The molecule has 10 heteroatoms. The molecule has 232 valence electrons. The number of amides is 1. The van der Waals surface area contributed by atoms with Gasteiger partial charge in [0.05, 0.1) is 19.2 Å². The van der Waals surface area contributed by atoms with Gasteiger partial charge in [-0.15, -0.1) is 4.74 Å². The van der Waals surface area contributed by atoms with Crippen LogP contribution in [0.25, 0.3) is 11.1 Å². The zero-order valence-corrected chi connectivity index (χ0v) is 25.3. The number of carbonyl (C=O) groups is 1. The zero-order chi connectivity index (χ0) is 31.3. The number of H-pyrrole nitrogens is 1. The first-order valence-electron chi connectivity index (χ1n) is 15.0. The lowest BCUT2D eigenvalue weighted by Gasteiger charge is -2.25. The molecule has 10 nitrogen and oxygen atoms in total. The predicted molar refractivity (Wildman–Crippen MR) is 167 cm³/mol. The summed E-state index contributed by atoms with van der Waals surface area (Å²) >= 11 is 0. The molecule has 1 aliphatic rings. The van der Waals surface area contributed by atoms with Gasteiger partial charge in [0.25, 0.3) is 5.91 Å². The van der Waals surface area contributed by atoms with Gasteiger partial charge in [0.1, 0.15) is 23.9 Å². The molecule has 1 N–H and O–H groups in total. The van der Waals surface area contributed by atoms with Gasteiger partial charge in [0.2, 0.25) is 0 Å². The molecular formula is C35H35N3O7. The third-order valence-electron chi connectivity index (χ3n) is 7.87. The summed E-state index contributed by atoms with van der Waals surface area (Å²) < 4.78 is 23.4. The molecule has 5 aromatic rings. The highest BCUT2D eigenvalue weighted by atomic mass is 16.5. The summed E-state index contributed by atoms with van der Waals surface area (Å²) in [6, 6.07) is 25.0. The van der Waals surface area contributed by atoms with Crippen LogP contribution in [0.4, 0.5) is 0 Å². The van der Waals surface area contributed by atoms with Crippen LogP contribution < -0.4 is 16.2 Å². The van der Waals surface area contributed by atoms with Crippen LogP contribution in [0.3, 0.4) is 0 Å². The Labute approximate surface area is 259 Å². The fourth-order valence-electron chi connectivity index (χ4n) is 5.59. The molecule has 0 saturated carbocycles. The fraction of sp³-hybridized carbons (Fsp3) is 0.286. The van der Waals surface area contributed by atoms with E-state index in [1.54, 1.807) is 0 Å². The van der Waals surface area contributed by atoms with Crippen molar-refractivity contribution in [2.24, 2.45) is 0 Å². The van der Waals surface area contributed by atoms with Crippen LogP contribution in [0, 0.1) is 13.8 Å². The average molecular weight is 610 g/mol. The van der Waals surface area contributed by atoms with Gasteiger partial charge in [-0.2, -0.15) is 0 Å². The summed E-state index contributed by atoms with van der Waals surface area (Å²) in [5.41, 5.74) is 4.89. The number of nitrogens with one attached hydrogen (secondary N) is 1. The third kappa shape index (κ3) is 7.35. The number of hydrogen-bond acceptors (Lipinski definition) is 7. The Kier molecular flexibility index (Phi) is 8.84. The van der Waals surface area contributed by atoms with Crippen LogP contribution in [-0.2, 0) is 24.4 Å². The van der Waals surface area contributed by atoms with Crippen LogP contribution in [0.1, 0.15) is 51.4 Å². The van der Waals surface area contributed by atoms with Crippen molar-refractivity contribution in [3.05, 3.63) is 134 Å². The lowest BCUT2D eigenvalue weighted by Crippen LogP contribution is -2.36. The number of aromatic nitrogens is 2. The van der Waals surface area contributed by atoms with Crippen molar-refractivity contribution in [1.82, 2.24) is 14.6 Å². The Balaban J connectivity index is 1.12. The molecule has 1 amide bonds. The van der Waals surface area contributed by atoms with Crippen LogP contribution in [0.15, 0.2) is 97.4 Å². The molecule has 1 fully saturated rings. The van der Waals surface area contributed by atoms with Gasteiger partial charge in [-0.3, -0.25) is 4.79 Å². The second-order valence-electron chi connectivity index (χ2n) is 11.3. The first kappa shape index (κ1) is 30.0. The van der Waals surface area contributed by atoms with Gasteiger partial charge in [-0.05, 0) is 97.0 Å². The summed E-state index contributed by atoms with van der Waals surface area (Å²) in [6.07, 6.45) is 1.99. The molecule has 1 atom stereocenters. The second kappa shape index (κ2) is 13.3. The van der Waals surface area contributed by atoms with E-state index in [0.717, 1.165) is 63.5 Å². The SMILES string of the molecule is Cc1ccc(CN(CC2CCCO2)C(=O)c2ccc(-c3cccc(COc4ccc(Cn5oc(=O)[nH]c5=O)cc4)c3)c(C)c2)o1. The fourth-order valence-corrected chi connectivity index (χ4v) is 5.59. The standard InChI is InChI=1S/C35H35N3O7/c1-23-17-28(33(39)37(20-30-7-4-16-42-30)21-31-12-8-24(2)44-31)11-15-32(23)27-6-3-5-26(18-27)22-43-29-13-9-25(10-14-29)19-38-34(40)36-35(41)45-38/h3,5-6,8-15,17-18,30H,4,7,16,19-22H2,1-2H3,(H,36,40,41). The van der Waals surface area contributed by atoms with E-state index >= 15 is 0 Å². The van der Waals surface area contributed by atoms with E-state index in [9.17, 15) is 14.4 Å². The molecule has 3 aromatic carbocycles. The Morgan fingerprint density at radius 2 is 1.84 bits per heavy atom. The number of hydrogen-bond donors (Lipinski definition) is 1. The maximum absolute atomic E-state index is 13.7. The van der Waals surface area contributed by atoms with Crippen molar-refractivity contribution in [2.45, 2.75) is 52.5 Å². The maximum atomic E-state index is 13.7. The molecule has 1 aliphatic heterocycles. The summed E-state index contributed by atoms with van der Waals surface area (Å²) in [5.74, 6) is 1.41. The van der Waals surface area contributed by atoms with Crippen LogP contribution >= 0.6 is 0 Å². The summed E-state index contributed by atoms with van der Waals surface area (Å²) in [4.78, 5) is 40.5. The Hall–Kier alpha value is -5.09. The van der Waals surface area contributed by atoms with Gasteiger partial charge in [0, 0.05) is 18.7 Å². The van der Waals surface area contributed by atoms with Gasteiger partial charge in [-0.25, -0.2) is 14.6 Å². The first-order chi connectivity index (χ1) is 21.8. The van der Waals surface area contributed by atoms with Crippen molar-refractivity contribution < 1.29 is 23.2 Å². The quantitative estimate of drug-likeness (QED) is 0.211. The number of rotatable bonds is 11. The molecular weight excluding hydrogens is 574 g/mol. The molecule has 45 heavy (non-hydrogen) atoms. The smallest absolute Gasteiger partial charge is 0.440 e. The van der Waals surface area contributed by atoms with Gasteiger partial charge in [0.15, 0.2) is 0 Å². The van der Waals surface area contributed by atoms with E-state index in [0.29, 0.717) is 31.0 Å². The highest BCUT2D eigenvalue weighted by Gasteiger charge is 2.25. The minimum Gasteiger partial charge on any atom is -0.489 e. The third-order valence-corrected chi connectivity index (χ3v) is 7.87. The summed E-state index contributed by atoms with van der Waals surface area (Å²) in [7, 11) is 0. The van der Waals surface area contributed by atoms with E-state index < -0.39 is 11.4 Å². The number of carbonyl (C=O) groups excluding carboxylic acids is 1. The average Bonchev–Trinajstić information content (AvgIpc) is 3.78. The molecule has 1 unspecified atom stereocenters. The highest BCUT2D eigenvalue weighted by molar-refractivity contribution is 5.95. The monoisotopic (exact) mass is 609 g/mol. The van der Waals surface area contributed by atoms with Crippen LogP contribution in [0.2, 0.25) is 0 Å². The van der Waals surface area contributed by atoms with Crippen LogP contribution in [-0.4, -0.2) is 39.8 Å². The number of ether oxygens (including phenoxy) is 2. The van der Waals surface area contributed by atoms with Crippen molar-refractivity contribution in [3.8, 4) is 16.9 Å². The Bertz CT molecular complexity index is 1890. The van der Waals surface area contributed by atoms with E-state index in [-0.39, 0.29) is 18.6 Å². The summed E-state index contributed by atoms with van der Waals surface area (Å²) in [6.45, 7) is 6.07. The van der Waals surface area contributed by atoms with E-state index in [4.69, 9.17) is 18.4 Å². The van der Waals surface area contributed by atoms with Crippen molar-refractivity contribution >= 4 is 5.91 Å². The molecule has 0 aliphatic carbocycles. The minimum absolute atomic E-state index is 0.0352. The molecule has 2 aromatic heterocycles. The second-order valence-corrected chi connectivity index (χ2v) is 11.3. The predicted octanol–water partition coefficient (Wildman–Crippen LogP) is 5.46. The minimum atomic E-state index is -0.783. The topological polar surface area (TPSA) is 120 Å². The van der Waals surface area contributed by atoms with Crippen LogP contribution in [0.5, 0.6) is 5.75 Å². The molecule has 6 rings (SSSR count). The van der Waals surface area contributed by atoms with Crippen molar-refractivity contribution in [1.29, 1.82) is 0 Å². The largest absolute Gasteiger partial charge is 0.489 e. The molecule has 0 spiro atoms. The normalized spacial score (nSPS) is 14.5. The summed E-state index contributed by atoms with van der Waals surface area (Å²) in [5, 5.41) is 0. The van der Waals surface area contributed by atoms with E-state index in [2.05, 4.69) is 11.1 Å². The Morgan fingerprint density at radius 3 is 2.53 bits per heavy atom. The van der Waals surface area contributed by atoms with Gasteiger partial charge >= 0.3 is 11.4 Å².